The van der Waals surface area contributed by atoms with Crippen LogP contribution in [0.3, 0.4) is 0 Å². The fourth-order valence-corrected chi connectivity index (χ4v) is 1.67. The van der Waals surface area contributed by atoms with Crippen molar-refractivity contribution in [3.8, 4) is 0 Å². The first kappa shape index (κ1) is 16.2. The first-order valence-corrected chi connectivity index (χ1v) is 5.05. The maximum absolute atomic E-state index is 5.49. The van der Waals surface area contributed by atoms with E-state index in [2.05, 4.69) is 27.0 Å². The van der Waals surface area contributed by atoms with Gasteiger partial charge in [-0.05, 0) is 52.0 Å². The van der Waals surface area contributed by atoms with E-state index in [1.807, 2.05) is 0 Å². The van der Waals surface area contributed by atoms with E-state index in [1.54, 1.807) is 0 Å². The molecule has 0 amide bonds. The molecule has 0 radical (unpaired) electrons. The highest BCUT2D eigenvalue weighted by atomic mass is 35.5. The van der Waals surface area contributed by atoms with Gasteiger partial charge in [-0.3, -0.25) is 0 Å². The molecule has 2 N–H and O–H groups in total. The van der Waals surface area contributed by atoms with Crippen molar-refractivity contribution >= 4 is 12.4 Å². The molecular formula is C12H24ClN. The smallest absolute Gasteiger partial charge is 0.00772 e. The zero-order chi connectivity index (χ0) is 10.3. The summed E-state index contributed by atoms with van der Waals surface area (Å²) in [7, 11) is 0. The van der Waals surface area contributed by atoms with Gasteiger partial charge in [0.05, 0.1) is 0 Å². The van der Waals surface area contributed by atoms with Crippen molar-refractivity contribution in [2.75, 3.05) is 6.54 Å². The number of hydrogen-bond donors (Lipinski definition) is 1. The molecule has 0 spiro atoms. The first-order chi connectivity index (χ1) is 6.06. The van der Waals surface area contributed by atoms with Crippen LogP contribution in [0.1, 0.15) is 39.5 Å². The Morgan fingerprint density at radius 3 is 1.86 bits per heavy atom. The Kier molecular flexibility index (Phi) is 10.7. The molecule has 0 atom stereocenters. The van der Waals surface area contributed by atoms with E-state index >= 15 is 0 Å². The largest absolute Gasteiger partial charge is 0.330 e. The van der Waals surface area contributed by atoms with E-state index in [-0.39, 0.29) is 12.4 Å². The SMILES string of the molecule is C=C(C)CC(CCCN)CC(=C)C.Cl. The lowest BCUT2D eigenvalue weighted by atomic mass is 9.90. The van der Waals surface area contributed by atoms with Crippen molar-refractivity contribution in [1.82, 2.24) is 0 Å². The Morgan fingerprint density at radius 2 is 1.57 bits per heavy atom. The van der Waals surface area contributed by atoms with Gasteiger partial charge in [-0.2, -0.15) is 0 Å². The topological polar surface area (TPSA) is 26.0 Å². The quantitative estimate of drug-likeness (QED) is 0.647. The molecule has 0 saturated carbocycles. The maximum Gasteiger partial charge on any atom is -0.00772 e. The Balaban J connectivity index is 0. The molecule has 0 heterocycles. The number of nitrogens with two attached hydrogens (primary N) is 1. The first-order valence-electron chi connectivity index (χ1n) is 5.05. The zero-order valence-corrected chi connectivity index (χ0v) is 10.3. The second kappa shape index (κ2) is 9.29. The third kappa shape index (κ3) is 9.82. The highest BCUT2D eigenvalue weighted by molar-refractivity contribution is 5.85. The van der Waals surface area contributed by atoms with Crippen molar-refractivity contribution in [2.45, 2.75) is 39.5 Å². The number of allylic oxidation sites excluding steroid dienone is 2. The third-order valence-corrected chi connectivity index (χ3v) is 2.09. The van der Waals surface area contributed by atoms with E-state index in [1.165, 1.54) is 17.6 Å². The average molecular weight is 218 g/mol. The summed E-state index contributed by atoms with van der Waals surface area (Å²) in [4.78, 5) is 0. The van der Waals surface area contributed by atoms with E-state index in [9.17, 15) is 0 Å². The van der Waals surface area contributed by atoms with Crippen molar-refractivity contribution in [2.24, 2.45) is 11.7 Å². The minimum absolute atomic E-state index is 0. The lowest BCUT2D eigenvalue weighted by molar-refractivity contribution is 0.464. The van der Waals surface area contributed by atoms with Crippen LogP contribution in [0.15, 0.2) is 24.3 Å². The molecule has 0 aromatic heterocycles. The third-order valence-electron chi connectivity index (χ3n) is 2.09. The second-order valence-electron chi connectivity index (χ2n) is 4.12. The van der Waals surface area contributed by atoms with E-state index in [0.717, 1.165) is 25.8 Å². The molecule has 1 nitrogen and oxygen atoms in total. The van der Waals surface area contributed by atoms with Gasteiger partial charge >= 0.3 is 0 Å². The fraction of sp³-hybridized carbons (Fsp3) is 0.667. The second-order valence-corrected chi connectivity index (χ2v) is 4.12. The predicted octanol–water partition coefficient (Wildman–Crippen LogP) is 3.70. The molecule has 0 fully saturated rings. The fourth-order valence-electron chi connectivity index (χ4n) is 1.67. The van der Waals surface area contributed by atoms with Gasteiger partial charge < -0.3 is 5.73 Å². The van der Waals surface area contributed by atoms with Gasteiger partial charge in [0, 0.05) is 0 Å². The van der Waals surface area contributed by atoms with Gasteiger partial charge in [0.1, 0.15) is 0 Å². The molecule has 0 bridgehead atoms. The molecule has 0 saturated heterocycles. The van der Waals surface area contributed by atoms with Crippen molar-refractivity contribution < 1.29 is 0 Å². The molecule has 14 heavy (non-hydrogen) atoms. The highest BCUT2D eigenvalue weighted by Gasteiger charge is 2.08. The Morgan fingerprint density at radius 1 is 1.14 bits per heavy atom. The van der Waals surface area contributed by atoms with Crippen LogP contribution < -0.4 is 5.73 Å². The predicted molar refractivity (Wildman–Crippen MR) is 67.9 cm³/mol. The molecule has 84 valence electrons. The summed E-state index contributed by atoms with van der Waals surface area (Å²) in [6.07, 6.45) is 4.56. The van der Waals surface area contributed by atoms with Gasteiger partial charge in [0.2, 0.25) is 0 Å². The van der Waals surface area contributed by atoms with Crippen LogP contribution in [0.25, 0.3) is 0 Å². The summed E-state index contributed by atoms with van der Waals surface area (Å²) in [6, 6.07) is 0. The molecule has 0 aromatic rings. The van der Waals surface area contributed by atoms with Crippen molar-refractivity contribution in [1.29, 1.82) is 0 Å². The van der Waals surface area contributed by atoms with Crippen LogP contribution in [0.5, 0.6) is 0 Å². The molecular weight excluding hydrogens is 194 g/mol. The highest BCUT2D eigenvalue weighted by Crippen LogP contribution is 2.22. The van der Waals surface area contributed by atoms with E-state index < -0.39 is 0 Å². The minimum Gasteiger partial charge on any atom is -0.330 e. The summed E-state index contributed by atoms with van der Waals surface area (Å²) in [5.74, 6) is 0.707. The zero-order valence-electron chi connectivity index (χ0n) is 9.51. The van der Waals surface area contributed by atoms with Gasteiger partial charge in [-0.15, -0.1) is 25.6 Å². The van der Waals surface area contributed by atoms with Gasteiger partial charge in [-0.25, -0.2) is 0 Å². The molecule has 0 rings (SSSR count). The van der Waals surface area contributed by atoms with Crippen LogP contribution >= 0.6 is 12.4 Å². The number of hydrogen-bond acceptors (Lipinski definition) is 1. The average Bonchev–Trinajstić information content (AvgIpc) is 1.98. The Labute approximate surface area is 94.9 Å². The maximum atomic E-state index is 5.49. The van der Waals surface area contributed by atoms with Gasteiger partial charge in [-0.1, -0.05) is 11.1 Å². The standard InChI is InChI=1S/C12H23N.ClH/c1-10(2)8-12(6-5-7-13)9-11(3)4;/h12H,1,3,5-9,13H2,2,4H3;1H. The summed E-state index contributed by atoms with van der Waals surface area (Å²) >= 11 is 0. The van der Waals surface area contributed by atoms with Crippen LogP contribution in [0, 0.1) is 5.92 Å². The molecule has 0 aliphatic rings. The lowest BCUT2D eigenvalue weighted by Gasteiger charge is -2.16. The van der Waals surface area contributed by atoms with Gasteiger partial charge in [0.15, 0.2) is 0 Å². The molecule has 0 aliphatic carbocycles. The molecule has 0 aliphatic heterocycles. The van der Waals surface area contributed by atoms with Crippen molar-refractivity contribution in [3.05, 3.63) is 24.3 Å². The van der Waals surface area contributed by atoms with Crippen LogP contribution in [0.2, 0.25) is 0 Å². The summed E-state index contributed by atoms with van der Waals surface area (Å²) in [6.45, 7) is 12.9. The van der Waals surface area contributed by atoms with E-state index in [0.29, 0.717) is 5.92 Å². The Hall–Kier alpha value is -0.270. The van der Waals surface area contributed by atoms with Crippen LogP contribution in [0.4, 0.5) is 0 Å². The van der Waals surface area contributed by atoms with Crippen molar-refractivity contribution in [3.63, 3.8) is 0 Å². The number of rotatable bonds is 7. The van der Waals surface area contributed by atoms with Crippen LogP contribution in [-0.2, 0) is 0 Å². The lowest BCUT2D eigenvalue weighted by Crippen LogP contribution is -2.06. The van der Waals surface area contributed by atoms with Crippen LogP contribution in [-0.4, -0.2) is 6.54 Å². The normalized spacial score (nSPS) is 9.71. The van der Waals surface area contributed by atoms with Gasteiger partial charge in [0.25, 0.3) is 0 Å². The van der Waals surface area contributed by atoms with E-state index in [4.69, 9.17) is 5.73 Å². The minimum atomic E-state index is 0. The Bertz CT molecular complexity index is 159. The number of halogens is 1. The molecule has 2 heteroatoms. The molecule has 0 unspecified atom stereocenters. The summed E-state index contributed by atoms with van der Waals surface area (Å²) in [5.41, 5.74) is 8.03. The summed E-state index contributed by atoms with van der Waals surface area (Å²) < 4.78 is 0. The summed E-state index contributed by atoms with van der Waals surface area (Å²) in [5, 5.41) is 0. The monoisotopic (exact) mass is 217 g/mol. The molecule has 0 aromatic carbocycles.